The Hall–Kier alpha value is -1.39. The Balaban J connectivity index is 1.43. The van der Waals surface area contributed by atoms with E-state index in [0.29, 0.717) is 24.3 Å². The SMILES string of the molecule is COC1CCC(CC(=O)N2CCC(C(O)c3ccccc3)CC2)CC1. The predicted octanol–water partition coefficient (Wildman–Crippen LogP) is 3.55. The highest BCUT2D eigenvalue weighted by molar-refractivity contribution is 5.76. The molecule has 2 aliphatic rings. The van der Waals surface area contributed by atoms with Crippen molar-refractivity contribution in [3.63, 3.8) is 0 Å². The van der Waals surface area contributed by atoms with Crippen LogP contribution in [0.4, 0.5) is 0 Å². The van der Waals surface area contributed by atoms with E-state index in [-0.39, 0.29) is 5.92 Å². The molecular weight excluding hydrogens is 314 g/mol. The number of ether oxygens (including phenoxy) is 1. The Labute approximate surface area is 151 Å². The van der Waals surface area contributed by atoms with Gasteiger partial charge in [0.2, 0.25) is 5.91 Å². The molecule has 2 fully saturated rings. The molecule has 3 rings (SSSR count). The van der Waals surface area contributed by atoms with E-state index in [2.05, 4.69) is 0 Å². The number of amides is 1. The fourth-order valence-corrected chi connectivity index (χ4v) is 4.33. The lowest BCUT2D eigenvalue weighted by molar-refractivity contribution is -0.134. The van der Waals surface area contributed by atoms with Gasteiger partial charge in [0.05, 0.1) is 12.2 Å². The monoisotopic (exact) mass is 345 g/mol. The fourth-order valence-electron chi connectivity index (χ4n) is 4.33. The second kappa shape index (κ2) is 8.81. The summed E-state index contributed by atoms with van der Waals surface area (Å²) in [7, 11) is 1.78. The summed E-state index contributed by atoms with van der Waals surface area (Å²) in [5, 5.41) is 10.6. The molecule has 1 aromatic carbocycles. The maximum absolute atomic E-state index is 12.6. The van der Waals surface area contributed by atoms with Gasteiger partial charge in [-0.3, -0.25) is 4.79 Å². The number of carbonyl (C=O) groups is 1. The van der Waals surface area contributed by atoms with Crippen molar-refractivity contribution in [1.82, 2.24) is 4.90 Å². The zero-order valence-electron chi connectivity index (χ0n) is 15.3. The Morgan fingerprint density at radius 1 is 1.12 bits per heavy atom. The molecule has 0 aromatic heterocycles. The van der Waals surface area contributed by atoms with Crippen LogP contribution < -0.4 is 0 Å². The van der Waals surface area contributed by atoms with Crippen molar-refractivity contribution in [2.45, 2.75) is 57.2 Å². The van der Waals surface area contributed by atoms with Crippen LogP contribution in [0.15, 0.2) is 30.3 Å². The van der Waals surface area contributed by atoms with Crippen LogP contribution in [0.5, 0.6) is 0 Å². The molecule has 138 valence electrons. The lowest BCUT2D eigenvalue weighted by Gasteiger charge is -2.35. The maximum atomic E-state index is 12.6. The van der Waals surface area contributed by atoms with Gasteiger partial charge in [0.1, 0.15) is 0 Å². The number of likely N-dealkylation sites (tertiary alicyclic amines) is 1. The number of nitrogens with zero attached hydrogens (tertiary/aromatic N) is 1. The molecule has 1 N–H and O–H groups in total. The molecular formula is C21H31NO3. The van der Waals surface area contributed by atoms with Crippen molar-refractivity contribution in [3.05, 3.63) is 35.9 Å². The van der Waals surface area contributed by atoms with Crippen molar-refractivity contribution >= 4 is 5.91 Å². The van der Waals surface area contributed by atoms with Crippen molar-refractivity contribution in [1.29, 1.82) is 0 Å². The zero-order valence-corrected chi connectivity index (χ0v) is 15.3. The first-order chi connectivity index (χ1) is 12.2. The van der Waals surface area contributed by atoms with Crippen LogP contribution >= 0.6 is 0 Å². The molecule has 1 aliphatic carbocycles. The number of hydrogen-bond donors (Lipinski definition) is 1. The van der Waals surface area contributed by atoms with Crippen LogP contribution in [0.2, 0.25) is 0 Å². The highest BCUT2D eigenvalue weighted by atomic mass is 16.5. The second-order valence-corrected chi connectivity index (χ2v) is 7.66. The third-order valence-corrected chi connectivity index (χ3v) is 6.07. The van der Waals surface area contributed by atoms with Gasteiger partial charge in [-0.05, 0) is 55.9 Å². The number of carbonyl (C=O) groups excluding carboxylic acids is 1. The summed E-state index contributed by atoms with van der Waals surface area (Å²) in [5.41, 5.74) is 0.988. The molecule has 1 heterocycles. The molecule has 1 aliphatic heterocycles. The minimum Gasteiger partial charge on any atom is -0.388 e. The quantitative estimate of drug-likeness (QED) is 0.888. The smallest absolute Gasteiger partial charge is 0.222 e. The predicted molar refractivity (Wildman–Crippen MR) is 98.1 cm³/mol. The first-order valence-corrected chi connectivity index (χ1v) is 9.71. The molecule has 1 saturated carbocycles. The van der Waals surface area contributed by atoms with E-state index < -0.39 is 6.10 Å². The average Bonchev–Trinajstić information content (AvgIpc) is 2.69. The van der Waals surface area contributed by atoms with Gasteiger partial charge in [-0.25, -0.2) is 0 Å². The number of rotatable bonds is 5. The first kappa shape index (κ1) is 18.4. The summed E-state index contributed by atoms with van der Waals surface area (Å²) in [6, 6.07) is 9.87. The van der Waals surface area contributed by atoms with Crippen molar-refractivity contribution in [3.8, 4) is 0 Å². The summed E-state index contributed by atoms with van der Waals surface area (Å²) in [6.45, 7) is 1.56. The Bertz CT molecular complexity index is 531. The van der Waals surface area contributed by atoms with Crippen LogP contribution in [-0.4, -0.2) is 42.2 Å². The molecule has 1 atom stereocenters. The summed E-state index contributed by atoms with van der Waals surface area (Å²) >= 11 is 0. The van der Waals surface area contributed by atoms with Gasteiger partial charge in [-0.2, -0.15) is 0 Å². The average molecular weight is 345 g/mol. The van der Waals surface area contributed by atoms with Gasteiger partial charge >= 0.3 is 0 Å². The van der Waals surface area contributed by atoms with Gasteiger partial charge in [-0.1, -0.05) is 30.3 Å². The third kappa shape index (κ3) is 4.83. The molecule has 1 aromatic rings. The molecule has 0 bridgehead atoms. The largest absolute Gasteiger partial charge is 0.388 e. The molecule has 1 unspecified atom stereocenters. The highest BCUT2D eigenvalue weighted by Gasteiger charge is 2.30. The van der Waals surface area contributed by atoms with Crippen LogP contribution in [0, 0.1) is 11.8 Å². The summed E-state index contributed by atoms with van der Waals surface area (Å²) in [4.78, 5) is 14.6. The Morgan fingerprint density at radius 3 is 2.36 bits per heavy atom. The van der Waals surface area contributed by atoms with Gasteiger partial charge in [0.25, 0.3) is 0 Å². The molecule has 0 radical (unpaired) electrons. The van der Waals surface area contributed by atoms with Gasteiger partial charge < -0.3 is 14.7 Å². The molecule has 1 saturated heterocycles. The maximum Gasteiger partial charge on any atom is 0.222 e. The minimum absolute atomic E-state index is 0.253. The van der Waals surface area contributed by atoms with Crippen molar-refractivity contribution in [2.24, 2.45) is 11.8 Å². The van der Waals surface area contributed by atoms with Crippen LogP contribution in [0.25, 0.3) is 0 Å². The number of aliphatic hydroxyl groups is 1. The van der Waals surface area contributed by atoms with E-state index in [1.54, 1.807) is 7.11 Å². The number of methoxy groups -OCH3 is 1. The normalized spacial score (nSPS) is 26.4. The van der Waals surface area contributed by atoms with E-state index in [1.165, 1.54) is 0 Å². The minimum atomic E-state index is -0.414. The topological polar surface area (TPSA) is 49.8 Å². The number of aliphatic hydroxyl groups excluding tert-OH is 1. The molecule has 4 nitrogen and oxygen atoms in total. The lowest BCUT2D eigenvalue weighted by Crippen LogP contribution is -2.40. The first-order valence-electron chi connectivity index (χ1n) is 9.71. The number of hydrogen-bond acceptors (Lipinski definition) is 3. The van der Waals surface area contributed by atoms with Crippen LogP contribution in [-0.2, 0) is 9.53 Å². The Morgan fingerprint density at radius 2 is 1.76 bits per heavy atom. The molecule has 25 heavy (non-hydrogen) atoms. The lowest BCUT2D eigenvalue weighted by atomic mass is 9.84. The molecule has 0 spiro atoms. The number of benzene rings is 1. The highest BCUT2D eigenvalue weighted by Crippen LogP contribution is 2.32. The van der Waals surface area contributed by atoms with E-state index in [4.69, 9.17) is 4.74 Å². The zero-order chi connectivity index (χ0) is 17.6. The Kier molecular flexibility index (Phi) is 6.49. The van der Waals surface area contributed by atoms with Gasteiger partial charge in [0.15, 0.2) is 0 Å². The van der Waals surface area contributed by atoms with Crippen LogP contribution in [0.1, 0.15) is 56.6 Å². The summed E-state index contributed by atoms with van der Waals surface area (Å²) < 4.78 is 5.41. The molecule has 4 heteroatoms. The number of piperidine rings is 1. The van der Waals surface area contributed by atoms with Crippen molar-refractivity contribution in [2.75, 3.05) is 20.2 Å². The summed E-state index contributed by atoms with van der Waals surface area (Å²) in [5.74, 6) is 1.07. The van der Waals surface area contributed by atoms with E-state index in [0.717, 1.165) is 57.2 Å². The van der Waals surface area contributed by atoms with E-state index in [9.17, 15) is 9.90 Å². The second-order valence-electron chi connectivity index (χ2n) is 7.66. The van der Waals surface area contributed by atoms with Gasteiger partial charge in [0, 0.05) is 26.6 Å². The van der Waals surface area contributed by atoms with E-state index in [1.807, 2.05) is 35.2 Å². The van der Waals surface area contributed by atoms with E-state index >= 15 is 0 Å². The van der Waals surface area contributed by atoms with Crippen molar-refractivity contribution < 1.29 is 14.6 Å². The van der Waals surface area contributed by atoms with Crippen LogP contribution in [0.3, 0.4) is 0 Å². The fraction of sp³-hybridized carbons (Fsp3) is 0.667. The van der Waals surface area contributed by atoms with Gasteiger partial charge in [-0.15, -0.1) is 0 Å². The standard InChI is InChI=1S/C21H31NO3/c1-25-19-9-7-16(8-10-19)15-20(23)22-13-11-18(12-14-22)21(24)17-5-3-2-4-6-17/h2-6,16,18-19,21,24H,7-15H2,1H3. The summed E-state index contributed by atoms with van der Waals surface area (Å²) in [6.07, 6.45) is 6.81. The molecule has 1 amide bonds. The third-order valence-electron chi connectivity index (χ3n) is 6.07.